The summed E-state index contributed by atoms with van der Waals surface area (Å²) in [4.78, 5) is 0. The molecule has 0 aliphatic heterocycles. The summed E-state index contributed by atoms with van der Waals surface area (Å²) in [5.41, 5.74) is 7.71. The van der Waals surface area contributed by atoms with Crippen molar-refractivity contribution in [2.45, 2.75) is 19.9 Å². The van der Waals surface area contributed by atoms with E-state index in [0.29, 0.717) is 16.9 Å². The number of ether oxygens (including phenoxy) is 1. The zero-order valence-corrected chi connectivity index (χ0v) is 11.4. The summed E-state index contributed by atoms with van der Waals surface area (Å²) in [5.74, 6) is 0.0956. The first-order valence-electron chi connectivity index (χ1n) is 6.25. The van der Waals surface area contributed by atoms with Crippen LogP contribution in [0.25, 0.3) is 0 Å². The fourth-order valence-corrected chi connectivity index (χ4v) is 1.88. The maximum atomic E-state index is 14.0. The van der Waals surface area contributed by atoms with Crippen LogP contribution in [0.3, 0.4) is 0 Å². The second-order valence-corrected chi connectivity index (χ2v) is 4.64. The monoisotopic (exact) mass is 270 g/mol. The van der Waals surface area contributed by atoms with E-state index >= 15 is 0 Å². The minimum atomic E-state index is -0.471. The van der Waals surface area contributed by atoms with Crippen LogP contribution >= 0.6 is 0 Å². The number of halogens is 1. The van der Waals surface area contributed by atoms with Gasteiger partial charge in [-0.1, -0.05) is 18.2 Å². The zero-order valence-electron chi connectivity index (χ0n) is 11.4. The van der Waals surface area contributed by atoms with Gasteiger partial charge in [0.15, 0.2) is 11.6 Å². The largest absolute Gasteiger partial charge is 0.454 e. The third-order valence-corrected chi connectivity index (χ3v) is 3.02. The van der Waals surface area contributed by atoms with Gasteiger partial charge >= 0.3 is 0 Å². The molecule has 3 nitrogen and oxygen atoms in total. The number of nitrogens with zero attached hydrogens (tertiary/aromatic N) is 1. The Bertz CT molecular complexity index is 675. The molecule has 0 aliphatic carbocycles. The van der Waals surface area contributed by atoms with Crippen LogP contribution in [0.15, 0.2) is 36.4 Å². The van der Waals surface area contributed by atoms with Gasteiger partial charge in [-0.25, -0.2) is 4.39 Å². The van der Waals surface area contributed by atoms with Gasteiger partial charge in [-0.05, 0) is 37.6 Å². The summed E-state index contributed by atoms with van der Waals surface area (Å²) in [6.45, 7) is 3.60. The van der Waals surface area contributed by atoms with Crippen molar-refractivity contribution < 1.29 is 9.13 Å². The summed E-state index contributed by atoms with van der Waals surface area (Å²) in [6, 6.07) is 11.4. The lowest BCUT2D eigenvalue weighted by atomic mass is 10.1. The predicted molar refractivity (Wildman–Crippen MR) is 75.0 cm³/mol. The molecule has 0 bridgehead atoms. The number of para-hydroxylation sites is 1. The van der Waals surface area contributed by atoms with E-state index in [1.165, 1.54) is 6.07 Å². The van der Waals surface area contributed by atoms with Crippen LogP contribution in [-0.2, 0) is 0 Å². The second kappa shape index (κ2) is 5.72. The second-order valence-electron chi connectivity index (χ2n) is 4.64. The molecule has 1 atom stereocenters. The van der Waals surface area contributed by atoms with E-state index in [9.17, 15) is 4.39 Å². The summed E-state index contributed by atoms with van der Waals surface area (Å²) >= 11 is 0. The highest BCUT2D eigenvalue weighted by atomic mass is 19.1. The molecule has 2 aromatic carbocycles. The van der Waals surface area contributed by atoms with E-state index in [0.717, 1.165) is 5.56 Å². The molecule has 102 valence electrons. The molecule has 0 saturated carbocycles. The van der Waals surface area contributed by atoms with Gasteiger partial charge in [0.25, 0.3) is 0 Å². The minimum Gasteiger partial charge on any atom is -0.454 e. The van der Waals surface area contributed by atoms with E-state index in [-0.39, 0.29) is 11.8 Å². The third kappa shape index (κ3) is 2.79. The fraction of sp³-hybridized carbons (Fsp3) is 0.188. The summed E-state index contributed by atoms with van der Waals surface area (Å²) < 4.78 is 19.6. The molecule has 4 heteroatoms. The molecule has 0 saturated heterocycles. The van der Waals surface area contributed by atoms with Crippen LogP contribution in [0.2, 0.25) is 0 Å². The lowest BCUT2D eigenvalue weighted by Crippen LogP contribution is -2.08. The van der Waals surface area contributed by atoms with Gasteiger partial charge in [0, 0.05) is 11.6 Å². The minimum absolute atomic E-state index is 0.112. The summed E-state index contributed by atoms with van der Waals surface area (Å²) in [7, 11) is 0. The van der Waals surface area contributed by atoms with Crippen molar-refractivity contribution in [3.8, 4) is 17.6 Å². The molecule has 0 fully saturated rings. The van der Waals surface area contributed by atoms with Gasteiger partial charge in [0.05, 0.1) is 11.6 Å². The van der Waals surface area contributed by atoms with Crippen molar-refractivity contribution in [3.05, 3.63) is 58.9 Å². The highest BCUT2D eigenvalue weighted by Gasteiger charge is 2.15. The Kier molecular flexibility index (Phi) is 4.02. The molecule has 2 N–H and O–H groups in total. The van der Waals surface area contributed by atoms with Crippen molar-refractivity contribution in [2.24, 2.45) is 5.73 Å². The average molecular weight is 270 g/mol. The number of nitriles is 1. The number of hydrogen-bond donors (Lipinski definition) is 1. The van der Waals surface area contributed by atoms with E-state index in [4.69, 9.17) is 15.7 Å². The first-order valence-corrected chi connectivity index (χ1v) is 6.25. The molecule has 0 radical (unpaired) electrons. The van der Waals surface area contributed by atoms with Crippen molar-refractivity contribution in [1.29, 1.82) is 5.26 Å². The molecule has 0 heterocycles. The Morgan fingerprint density at radius 1 is 1.30 bits per heavy atom. The number of nitrogens with two attached hydrogens (primary N) is 1. The Balaban J connectivity index is 2.48. The normalized spacial score (nSPS) is 11.8. The number of aryl methyl sites for hydroxylation is 1. The van der Waals surface area contributed by atoms with Gasteiger partial charge in [0.2, 0.25) is 0 Å². The molecule has 0 amide bonds. The molecule has 2 rings (SSSR count). The zero-order chi connectivity index (χ0) is 14.7. The number of benzene rings is 2. The molecule has 0 spiro atoms. The topological polar surface area (TPSA) is 59.0 Å². The fourth-order valence-electron chi connectivity index (χ4n) is 1.88. The van der Waals surface area contributed by atoms with Crippen molar-refractivity contribution in [1.82, 2.24) is 0 Å². The van der Waals surface area contributed by atoms with E-state index in [2.05, 4.69) is 0 Å². The van der Waals surface area contributed by atoms with Crippen LogP contribution in [-0.4, -0.2) is 0 Å². The first kappa shape index (κ1) is 14.0. The maximum absolute atomic E-state index is 14.0. The van der Waals surface area contributed by atoms with Crippen molar-refractivity contribution in [2.75, 3.05) is 0 Å². The molecule has 0 aliphatic rings. The van der Waals surface area contributed by atoms with Crippen molar-refractivity contribution >= 4 is 0 Å². The van der Waals surface area contributed by atoms with E-state index in [1.807, 2.05) is 13.0 Å². The third-order valence-electron chi connectivity index (χ3n) is 3.02. The Hall–Kier alpha value is -2.38. The van der Waals surface area contributed by atoms with Crippen LogP contribution in [0.5, 0.6) is 11.5 Å². The van der Waals surface area contributed by atoms with Crippen LogP contribution in [0.4, 0.5) is 4.39 Å². The maximum Gasteiger partial charge on any atom is 0.167 e. The van der Waals surface area contributed by atoms with E-state index in [1.54, 1.807) is 37.3 Å². The van der Waals surface area contributed by atoms with Crippen LogP contribution < -0.4 is 10.5 Å². The average Bonchev–Trinajstić information content (AvgIpc) is 2.43. The molecule has 0 aromatic heterocycles. The van der Waals surface area contributed by atoms with Crippen LogP contribution in [0.1, 0.15) is 29.7 Å². The number of hydrogen-bond acceptors (Lipinski definition) is 3. The first-order chi connectivity index (χ1) is 9.52. The predicted octanol–water partition coefficient (Wildman–Crippen LogP) is 3.82. The highest BCUT2D eigenvalue weighted by molar-refractivity contribution is 5.46. The van der Waals surface area contributed by atoms with Gasteiger partial charge in [-0.3, -0.25) is 0 Å². The number of rotatable bonds is 3. The Morgan fingerprint density at radius 2 is 2.05 bits per heavy atom. The smallest absolute Gasteiger partial charge is 0.167 e. The Morgan fingerprint density at radius 3 is 2.70 bits per heavy atom. The van der Waals surface area contributed by atoms with Gasteiger partial charge in [-0.2, -0.15) is 5.26 Å². The molecular formula is C16H15FN2O. The standard InChI is InChI=1S/C16H15FN2O/c1-10-6-7-12(9-18)8-15(10)20-16-13(11(2)19)4-3-5-14(16)17/h3-8,11H,19H2,1-2H3/t11-/m0/s1. The van der Waals surface area contributed by atoms with Gasteiger partial charge in [0.1, 0.15) is 5.75 Å². The molecule has 0 unspecified atom stereocenters. The summed E-state index contributed by atoms with van der Waals surface area (Å²) in [6.07, 6.45) is 0. The lowest BCUT2D eigenvalue weighted by molar-refractivity contribution is 0.430. The van der Waals surface area contributed by atoms with Gasteiger partial charge in [-0.15, -0.1) is 0 Å². The quantitative estimate of drug-likeness (QED) is 0.922. The van der Waals surface area contributed by atoms with E-state index < -0.39 is 5.82 Å². The molecular weight excluding hydrogens is 255 g/mol. The lowest BCUT2D eigenvalue weighted by Gasteiger charge is -2.15. The highest BCUT2D eigenvalue weighted by Crippen LogP contribution is 2.33. The van der Waals surface area contributed by atoms with Crippen LogP contribution in [0, 0.1) is 24.1 Å². The SMILES string of the molecule is Cc1ccc(C#N)cc1Oc1c(F)cccc1[C@H](C)N. The van der Waals surface area contributed by atoms with Gasteiger partial charge < -0.3 is 10.5 Å². The summed E-state index contributed by atoms with van der Waals surface area (Å²) in [5, 5.41) is 8.92. The van der Waals surface area contributed by atoms with Crippen molar-refractivity contribution in [3.63, 3.8) is 0 Å². The molecule has 2 aromatic rings. The Labute approximate surface area is 117 Å². The molecule has 20 heavy (non-hydrogen) atoms.